The topological polar surface area (TPSA) is 81.4 Å². The van der Waals surface area contributed by atoms with Crippen molar-refractivity contribution in [3.05, 3.63) is 16.5 Å². The maximum Gasteiger partial charge on any atom is 0.254 e. The molecule has 0 spiro atoms. The molecule has 2 heterocycles. The number of amides is 2. The number of primary amides is 1. The fraction of sp³-hybridized carbons (Fsp3) is 0.538. The molecule has 0 aromatic carbocycles. The summed E-state index contributed by atoms with van der Waals surface area (Å²) in [4.78, 5) is 24.4. The highest BCUT2D eigenvalue weighted by Crippen LogP contribution is 2.33. The molecule has 0 aliphatic carbocycles. The van der Waals surface area contributed by atoms with Crippen molar-refractivity contribution in [3.63, 3.8) is 0 Å². The van der Waals surface area contributed by atoms with Crippen LogP contribution in [0.5, 0.6) is 0 Å². The first-order valence-electron chi connectivity index (χ1n) is 6.35. The Morgan fingerprint density at radius 1 is 1.53 bits per heavy atom. The summed E-state index contributed by atoms with van der Waals surface area (Å²) in [6.07, 6.45) is 1.20. The van der Waals surface area contributed by atoms with E-state index in [0.717, 1.165) is 17.7 Å². The van der Waals surface area contributed by atoms with E-state index in [-0.39, 0.29) is 11.8 Å². The van der Waals surface area contributed by atoms with Crippen LogP contribution in [0.2, 0.25) is 0 Å². The third-order valence-electron chi connectivity index (χ3n) is 3.04. The first-order valence-corrected chi connectivity index (χ1v) is 7.16. The van der Waals surface area contributed by atoms with Gasteiger partial charge in [-0.15, -0.1) is 11.3 Å². The molecule has 1 saturated heterocycles. The minimum absolute atomic E-state index is 0.197. The van der Waals surface area contributed by atoms with Gasteiger partial charge in [0.2, 0.25) is 0 Å². The Balaban J connectivity index is 2.18. The Hall–Kier alpha value is -1.40. The average molecular weight is 282 g/mol. The van der Waals surface area contributed by atoms with E-state index >= 15 is 0 Å². The largest absolute Gasteiger partial charge is 0.368 e. The van der Waals surface area contributed by atoms with E-state index < -0.39 is 12.0 Å². The van der Waals surface area contributed by atoms with Gasteiger partial charge in [0.15, 0.2) is 0 Å². The van der Waals surface area contributed by atoms with E-state index in [9.17, 15) is 9.59 Å². The highest BCUT2D eigenvalue weighted by Gasteiger charge is 2.25. The van der Waals surface area contributed by atoms with Crippen LogP contribution >= 0.6 is 11.3 Å². The Kier molecular flexibility index (Phi) is 4.21. The quantitative estimate of drug-likeness (QED) is 0.887. The monoisotopic (exact) mass is 282 g/mol. The van der Waals surface area contributed by atoms with Crippen LogP contribution in [-0.2, 0) is 9.53 Å². The van der Waals surface area contributed by atoms with Crippen molar-refractivity contribution in [3.8, 4) is 0 Å². The van der Waals surface area contributed by atoms with Crippen molar-refractivity contribution in [2.24, 2.45) is 5.73 Å². The zero-order valence-corrected chi connectivity index (χ0v) is 11.9. The molecule has 1 fully saturated rings. The van der Waals surface area contributed by atoms with Crippen LogP contribution in [0.1, 0.15) is 47.8 Å². The second kappa shape index (κ2) is 5.71. The fourth-order valence-electron chi connectivity index (χ4n) is 1.95. The number of carbonyl (C=O) groups excluding carboxylic acids is 2. The van der Waals surface area contributed by atoms with Crippen molar-refractivity contribution < 1.29 is 14.3 Å². The summed E-state index contributed by atoms with van der Waals surface area (Å²) in [6.45, 7) is 4.67. The number of carbonyl (C=O) groups is 2. The Bertz CT molecular complexity index is 490. The lowest BCUT2D eigenvalue weighted by Crippen LogP contribution is -2.27. The number of nitrogens with two attached hydrogens (primary N) is 1. The highest BCUT2D eigenvalue weighted by atomic mass is 32.1. The molecule has 1 aliphatic rings. The number of rotatable bonds is 4. The van der Waals surface area contributed by atoms with E-state index in [4.69, 9.17) is 10.5 Å². The van der Waals surface area contributed by atoms with Gasteiger partial charge in [0.25, 0.3) is 11.8 Å². The number of nitrogens with one attached hydrogen (secondary N) is 1. The third-order valence-corrected chi connectivity index (χ3v) is 4.40. The molecular formula is C13H18N2O3S. The van der Waals surface area contributed by atoms with Crippen LogP contribution in [0.25, 0.3) is 0 Å². The lowest BCUT2D eigenvalue weighted by molar-refractivity contribution is -0.124. The van der Waals surface area contributed by atoms with Crippen LogP contribution < -0.4 is 11.1 Å². The van der Waals surface area contributed by atoms with Crippen LogP contribution in [0.3, 0.4) is 0 Å². The van der Waals surface area contributed by atoms with Crippen molar-refractivity contribution in [1.82, 2.24) is 0 Å². The molecule has 6 heteroatoms. The number of thiophene rings is 1. The predicted octanol–water partition coefficient (Wildman–Crippen LogP) is 2.09. The zero-order valence-electron chi connectivity index (χ0n) is 11.1. The van der Waals surface area contributed by atoms with Gasteiger partial charge in [-0.1, -0.05) is 13.8 Å². The average Bonchev–Trinajstić information content (AvgIpc) is 2.97. The van der Waals surface area contributed by atoms with Crippen molar-refractivity contribution in [1.29, 1.82) is 0 Å². The van der Waals surface area contributed by atoms with Crippen molar-refractivity contribution >= 4 is 28.2 Å². The minimum atomic E-state index is -0.522. The first kappa shape index (κ1) is 14.0. The van der Waals surface area contributed by atoms with Crippen LogP contribution in [-0.4, -0.2) is 24.5 Å². The standard InChI is InChI=1S/C13H18N2O3S/c1-7(2)10-6-8(11(14)16)13(19-10)15-12(17)9-4-3-5-18-9/h6-7,9H,3-5H2,1-2H3,(H2,14,16)(H,15,17)/t9-/m1/s1. The second-order valence-corrected chi connectivity index (χ2v) is 5.99. The van der Waals surface area contributed by atoms with Gasteiger partial charge in [0.05, 0.1) is 5.56 Å². The molecule has 0 saturated carbocycles. The third kappa shape index (κ3) is 3.13. The normalized spacial score (nSPS) is 18.8. The van der Waals surface area contributed by atoms with E-state index in [0.29, 0.717) is 17.2 Å². The second-order valence-electron chi connectivity index (χ2n) is 4.90. The van der Waals surface area contributed by atoms with Gasteiger partial charge in [-0.25, -0.2) is 0 Å². The van der Waals surface area contributed by atoms with E-state index in [1.165, 1.54) is 11.3 Å². The molecular weight excluding hydrogens is 264 g/mol. The summed E-state index contributed by atoms with van der Waals surface area (Å²) in [5, 5.41) is 3.29. The number of hydrogen-bond donors (Lipinski definition) is 2. The molecule has 1 aliphatic heterocycles. The molecule has 2 rings (SSSR count). The van der Waals surface area contributed by atoms with E-state index in [1.54, 1.807) is 6.07 Å². The minimum Gasteiger partial charge on any atom is -0.368 e. The molecule has 0 radical (unpaired) electrons. The molecule has 5 nitrogen and oxygen atoms in total. The van der Waals surface area contributed by atoms with Crippen LogP contribution in [0, 0.1) is 0 Å². The summed E-state index contributed by atoms with van der Waals surface area (Å²) in [5.74, 6) is -0.431. The molecule has 19 heavy (non-hydrogen) atoms. The summed E-state index contributed by atoms with van der Waals surface area (Å²) < 4.78 is 5.32. The summed E-state index contributed by atoms with van der Waals surface area (Å²) >= 11 is 1.39. The SMILES string of the molecule is CC(C)c1cc(C(N)=O)c(NC(=O)[C@H]2CCCO2)s1. The van der Waals surface area contributed by atoms with E-state index in [1.807, 2.05) is 13.8 Å². The molecule has 1 aromatic rings. The maximum atomic E-state index is 12.0. The van der Waals surface area contributed by atoms with Crippen molar-refractivity contribution in [2.75, 3.05) is 11.9 Å². The number of anilines is 1. The van der Waals surface area contributed by atoms with E-state index in [2.05, 4.69) is 5.32 Å². The Morgan fingerprint density at radius 3 is 2.79 bits per heavy atom. The van der Waals surface area contributed by atoms with Gasteiger partial charge in [-0.2, -0.15) is 0 Å². The summed E-state index contributed by atoms with van der Waals surface area (Å²) in [6, 6.07) is 1.75. The number of hydrogen-bond acceptors (Lipinski definition) is 4. The van der Waals surface area contributed by atoms with Gasteiger partial charge >= 0.3 is 0 Å². The smallest absolute Gasteiger partial charge is 0.254 e. The maximum absolute atomic E-state index is 12.0. The molecule has 0 unspecified atom stereocenters. The molecule has 2 amide bonds. The van der Waals surface area contributed by atoms with Gasteiger partial charge in [-0.3, -0.25) is 9.59 Å². The highest BCUT2D eigenvalue weighted by molar-refractivity contribution is 7.16. The summed E-state index contributed by atoms with van der Waals surface area (Å²) in [5.41, 5.74) is 5.72. The lowest BCUT2D eigenvalue weighted by atomic mass is 10.1. The van der Waals surface area contributed by atoms with Gasteiger partial charge in [-0.05, 0) is 24.8 Å². The van der Waals surface area contributed by atoms with Gasteiger partial charge < -0.3 is 15.8 Å². The first-order chi connectivity index (χ1) is 8.99. The summed E-state index contributed by atoms with van der Waals surface area (Å²) in [7, 11) is 0. The lowest BCUT2D eigenvalue weighted by Gasteiger charge is -2.09. The molecule has 3 N–H and O–H groups in total. The zero-order chi connectivity index (χ0) is 14.0. The number of ether oxygens (including phenoxy) is 1. The van der Waals surface area contributed by atoms with Crippen LogP contribution in [0.15, 0.2) is 6.07 Å². The van der Waals surface area contributed by atoms with Crippen LogP contribution in [0.4, 0.5) is 5.00 Å². The molecule has 1 atom stereocenters. The van der Waals surface area contributed by atoms with Gasteiger partial charge in [0, 0.05) is 11.5 Å². The molecule has 0 bridgehead atoms. The Labute approximate surface area is 116 Å². The predicted molar refractivity (Wildman–Crippen MR) is 74.5 cm³/mol. The molecule has 1 aromatic heterocycles. The van der Waals surface area contributed by atoms with Gasteiger partial charge in [0.1, 0.15) is 11.1 Å². The van der Waals surface area contributed by atoms with Crippen molar-refractivity contribution in [2.45, 2.75) is 38.7 Å². The molecule has 104 valence electrons. The fourth-order valence-corrected chi connectivity index (χ4v) is 3.02. The Morgan fingerprint density at radius 2 is 2.26 bits per heavy atom.